The van der Waals surface area contributed by atoms with Crippen LogP contribution in [0.3, 0.4) is 0 Å². The predicted octanol–water partition coefficient (Wildman–Crippen LogP) is 0.217. The number of carbonyl (C=O) groups is 1. The molecule has 0 aromatic carbocycles. The zero-order valence-electron chi connectivity index (χ0n) is 2.47. The Morgan fingerprint density at radius 2 is 1.17 bits per heavy atom. The quantitative estimate of drug-likeness (QED) is 0.560. The van der Waals surface area contributed by atoms with Gasteiger partial charge in [-0.2, -0.15) is 0 Å². The molecule has 0 saturated heterocycles. The molecule has 0 fully saturated rings. The van der Waals surface area contributed by atoms with Crippen molar-refractivity contribution in [1.82, 2.24) is 0 Å². The normalized spacial score (nSPS) is 4.00. The van der Waals surface area contributed by atoms with E-state index in [-0.39, 0.29) is 33.6 Å². The molecule has 0 aliphatic rings. The summed E-state index contributed by atoms with van der Waals surface area (Å²) in [5.41, 5.74) is 0. The van der Waals surface area contributed by atoms with Crippen LogP contribution in [0.4, 0.5) is 4.79 Å². The third-order valence-electron chi connectivity index (χ3n) is 0. The van der Waals surface area contributed by atoms with Crippen LogP contribution in [0.25, 0.3) is 0 Å². The van der Waals surface area contributed by atoms with Gasteiger partial charge < -0.3 is 10.2 Å². The summed E-state index contributed by atoms with van der Waals surface area (Å²) in [7, 11) is 0. The van der Waals surface area contributed by atoms with E-state index in [0.717, 1.165) is 0 Å². The second-order valence-electron chi connectivity index (χ2n) is 0.283. The molecule has 0 aliphatic carbocycles. The van der Waals surface area contributed by atoms with Crippen LogP contribution in [0, 0.1) is 0 Å². The van der Waals surface area contributed by atoms with Gasteiger partial charge in [0.05, 0.1) is 0 Å². The van der Waals surface area contributed by atoms with Crippen molar-refractivity contribution in [2.45, 2.75) is 0 Å². The van der Waals surface area contributed by atoms with E-state index in [4.69, 9.17) is 15.0 Å². The van der Waals surface area contributed by atoms with Gasteiger partial charge in [-0.15, -0.1) is 0 Å². The number of hydrogen-bond donors (Lipinski definition) is 2. The summed E-state index contributed by atoms with van der Waals surface area (Å²) in [5.74, 6) is 0. The summed E-state index contributed by atoms with van der Waals surface area (Å²) in [6, 6.07) is 0. The smallest absolute Gasteiger partial charge is 0.450 e. The van der Waals surface area contributed by atoms with Gasteiger partial charge in [0.2, 0.25) is 0 Å². The first-order valence-electron chi connectivity index (χ1n) is 0.651. The number of hydrogen-bond acceptors (Lipinski definition) is 1. The summed E-state index contributed by atoms with van der Waals surface area (Å²) < 4.78 is 0. The Kier molecular flexibility index (Phi) is 24.4. The molecule has 0 rings (SSSR count). The van der Waals surface area contributed by atoms with Crippen molar-refractivity contribution < 1.29 is 48.6 Å². The van der Waals surface area contributed by atoms with Gasteiger partial charge in [-0.3, -0.25) is 0 Å². The maximum absolute atomic E-state index is 8.56. The van der Waals surface area contributed by atoms with Gasteiger partial charge in [0.15, 0.2) is 0 Å². The summed E-state index contributed by atoms with van der Waals surface area (Å²) in [5, 5.41) is 13.9. The second kappa shape index (κ2) is 8.99. The Balaban J connectivity index is -0.0000000450. The zero-order valence-corrected chi connectivity index (χ0v) is 4.55. The summed E-state index contributed by atoms with van der Waals surface area (Å²) >= 11 is 0. The van der Waals surface area contributed by atoms with Crippen LogP contribution in [0.15, 0.2) is 0 Å². The van der Waals surface area contributed by atoms with E-state index in [0.29, 0.717) is 0 Å². The molecule has 0 bridgehead atoms. The van der Waals surface area contributed by atoms with Gasteiger partial charge in [-0.1, -0.05) is 0 Å². The van der Waals surface area contributed by atoms with E-state index in [2.05, 4.69) is 0 Å². The van der Waals surface area contributed by atoms with E-state index in [9.17, 15) is 0 Å². The molecular weight excluding hydrogens is 178 g/mol. The van der Waals surface area contributed by atoms with Crippen molar-refractivity contribution >= 4 is 6.16 Å². The summed E-state index contributed by atoms with van der Waals surface area (Å²) in [6.45, 7) is 0. The van der Waals surface area contributed by atoms with E-state index in [1.54, 1.807) is 0 Å². The van der Waals surface area contributed by atoms with E-state index in [1.165, 1.54) is 0 Å². The molecule has 6 heavy (non-hydrogen) atoms. The molecule has 0 heterocycles. The van der Waals surface area contributed by atoms with Crippen LogP contribution >= 0.6 is 0 Å². The molecule has 2 N–H and O–H groups in total. The first-order valence-corrected chi connectivity index (χ1v) is 0.651. The van der Waals surface area contributed by atoms with Gasteiger partial charge in [0.25, 0.3) is 0 Å². The second-order valence-corrected chi connectivity index (χ2v) is 0.283. The molecule has 0 aliphatic heterocycles. The van der Waals surface area contributed by atoms with Crippen LogP contribution in [0.2, 0.25) is 0 Å². The van der Waals surface area contributed by atoms with Gasteiger partial charge in [-0.05, 0) is 0 Å². The van der Waals surface area contributed by atoms with E-state index in [1.807, 2.05) is 0 Å². The minimum Gasteiger partial charge on any atom is -0.450 e. The van der Waals surface area contributed by atoms with Crippen molar-refractivity contribution in [3.8, 4) is 0 Å². The van der Waals surface area contributed by atoms with Gasteiger partial charge in [-0.25, -0.2) is 4.79 Å². The average molecular weight is 180 g/mol. The average Bonchev–Trinajstić information content (AvgIpc) is 0.811. The molecule has 0 amide bonds. The fourth-order valence-corrected chi connectivity index (χ4v) is 0. The van der Waals surface area contributed by atoms with Gasteiger partial charge in [0.1, 0.15) is 0 Å². The van der Waals surface area contributed by atoms with E-state index < -0.39 is 6.16 Å². The Bertz CT molecular complexity index is 31.8. The maximum Gasteiger partial charge on any atom is 0.503 e. The zero-order chi connectivity index (χ0) is 3.58. The minimum atomic E-state index is -1.83. The van der Waals surface area contributed by atoms with Gasteiger partial charge in [0, 0.05) is 33.6 Å². The monoisotopic (exact) mass is 180 g/mol. The molecule has 2 radical (unpaired) electrons. The molecule has 0 spiro atoms. The molecule has 0 unspecified atom stereocenters. The Labute approximate surface area is 55.1 Å². The molecule has 0 aromatic heterocycles. The molecule has 3 nitrogen and oxygen atoms in total. The minimum absolute atomic E-state index is 0. The van der Waals surface area contributed by atoms with Crippen molar-refractivity contribution in [2.24, 2.45) is 0 Å². The Hall–Kier alpha value is 0.283. The van der Waals surface area contributed by atoms with Crippen LogP contribution in [0.5, 0.6) is 0 Å². The van der Waals surface area contributed by atoms with Crippen molar-refractivity contribution in [3.05, 3.63) is 0 Å². The molecule has 0 aromatic rings. The topological polar surface area (TPSA) is 57.5 Å². The van der Waals surface area contributed by atoms with E-state index >= 15 is 0 Å². The van der Waals surface area contributed by atoms with Crippen LogP contribution in [-0.2, 0) is 33.6 Å². The molecular formula is CH2Co2O3. The van der Waals surface area contributed by atoms with Gasteiger partial charge >= 0.3 is 6.16 Å². The van der Waals surface area contributed by atoms with Crippen molar-refractivity contribution in [2.75, 3.05) is 0 Å². The van der Waals surface area contributed by atoms with Crippen molar-refractivity contribution in [1.29, 1.82) is 0 Å². The fourth-order valence-electron chi connectivity index (χ4n) is 0. The summed E-state index contributed by atoms with van der Waals surface area (Å²) in [4.78, 5) is 8.56. The third-order valence-corrected chi connectivity index (χ3v) is 0. The first kappa shape index (κ1) is 16.3. The first-order chi connectivity index (χ1) is 1.73. The SMILES string of the molecule is O=C(O)O.[Co].[Co]. The standard InChI is InChI=1S/CH2O3.2Co/c2-1(3)4;;/h(H2,2,3,4);;. The predicted molar refractivity (Wildman–Crippen MR) is 10.7 cm³/mol. The largest absolute Gasteiger partial charge is 0.503 e. The van der Waals surface area contributed by atoms with Crippen LogP contribution in [0.1, 0.15) is 0 Å². The maximum atomic E-state index is 8.56. The summed E-state index contributed by atoms with van der Waals surface area (Å²) in [6.07, 6.45) is -1.83. The van der Waals surface area contributed by atoms with Crippen LogP contribution < -0.4 is 0 Å². The molecule has 0 saturated carbocycles. The molecule has 42 valence electrons. The van der Waals surface area contributed by atoms with Crippen molar-refractivity contribution in [3.63, 3.8) is 0 Å². The molecule has 0 atom stereocenters. The Morgan fingerprint density at radius 1 is 1.17 bits per heavy atom. The number of carboxylic acid groups (broad SMARTS) is 2. The number of rotatable bonds is 0. The van der Waals surface area contributed by atoms with Crippen LogP contribution in [-0.4, -0.2) is 16.4 Å². The Morgan fingerprint density at radius 3 is 1.17 bits per heavy atom. The molecule has 5 heteroatoms. The fraction of sp³-hybridized carbons (Fsp3) is 0. The third kappa shape index (κ3) is 576.